The van der Waals surface area contributed by atoms with Crippen LogP contribution in [0.3, 0.4) is 0 Å². The van der Waals surface area contributed by atoms with Gasteiger partial charge >= 0.3 is 0 Å². The highest BCUT2D eigenvalue weighted by atomic mass is 16.2. The van der Waals surface area contributed by atoms with Crippen molar-refractivity contribution in [2.24, 2.45) is 0 Å². The largest absolute Gasteiger partial charge is 0.285 e. The average molecular weight is 316 g/mol. The number of aromatic nitrogens is 4. The number of nitrogens with one attached hydrogen (secondary N) is 1. The summed E-state index contributed by atoms with van der Waals surface area (Å²) in [6.07, 6.45) is 0. The molecule has 24 heavy (non-hydrogen) atoms. The van der Waals surface area contributed by atoms with Gasteiger partial charge in [0.05, 0.1) is 5.39 Å². The topological polar surface area (TPSA) is 80.1 Å². The first-order valence-corrected chi connectivity index (χ1v) is 7.63. The number of imidazole rings is 1. The number of hydrogen-bond donors (Lipinski definition) is 1. The molecule has 0 unspecified atom stereocenters. The fraction of sp³-hybridized carbons (Fsp3) is 0.111. The number of ketones is 2. The molecule has 0 amide bonds. The van der Waals surface area contributed by atoms with Gasteiger partial charge in [0, 0.05) is 16.8 Å². The Balaban J connectivity index is 1.97. The van der Waals surface area contributed by atoms with E-state index in [-0.39, 0.29) is 5.69 Å². The quantitative estimate of drug-likeness (QED) is 0.506. The maximum Gasteiger partial charge on any atom is 0.254 e. The molecule has 0 atom stereocenters. The van der Waals surface area contributed by atoms with Crippen LogP contribution in [0.4, 0.5) is 0 Å². The number of fused-ring (bicyclic) bond motifs is 7. The lowest BCUT2D eigenvalue weighted by molar-refractivity contribution is 0.0811. The van der Waals surface area contributed by atoms with E-state index >= 15 is 0 Å². The summed E-state index contributed by atoms with van der Waals surface area (Å²) in [7, 11) is 0. The highest BCUT2D eigenvalue weighted by Crippen LogP contribution is 2.35. The van der Waals surface area contributed by atoms with Crippen LogP contribution in [0.1, 0.15) is 32.1 Å². The molecule has 5 rings (SSSR count). The molecule has 0 fully saturated rings. The Morgan fingerprint density at radius 1 is 1.00 bits per heavy atom. The molecule has 3 aromatic heterocycles. The number of H-pyrrole nitrogens is 1. The molecule has 6 nitrogen and oxygen atoms in total. The zero-order chi connectivity index (χ0) is 16.6. The van der Waals surface area contributed by atoms with Crippen LogP contribution in [-0.2, 0) is 0 Å². The van der Waals surface area contributed by atoms with Gasteiger partial charge in [0.2, 0.25) is 5.78 Å². The van der Waals surface area contributed by atoms with Crippen molar-refractivity contribution < 1.29 is 9.59 Å². The predicted octanol–water partition coefficient (Wildman–Crippen LogP) is 2.87. The van der Waals surface area contributed by atoms with Gasteiger partial charge in [-0.2, -0.15) is 0 Å². The van der Waals surface area contributed by atoms with Gasteiger partial charge in [0.1, 0.15) is 11.4 Å². The molecule has 1 aliphatic carbocycles. The van der Waals surface area contributed by atoms with Crippen molar-refractivity contribution >= 4 is 28.2 Å². The first kappa shape index (κ1) is 13.2. The molecular formula is C18H12N4O2. The highest BCUT2D eigenvalue weighted by molar-refractivity contribution is 6.52. The van der Waals surface area contributed by atoms with Gasteiger partial charge in [-0.25, -0.2) is 14.5 Å². The summed E-state index contributed by atoms with van der Waals surface area (Å²) < 4.78 is 1.59. The molecule has 6 heteroatoms. The summed E-state index contributed by atoms with van der Waals surface area (Å²) in [5, 5.41) is 3.99. The zero-order valence-corrected chi connectivity index (χ0v) is 13.0. The van der Waals surface area contributed by atoms with Crippen LogP contribution >= 0.6 is 0 Å². The summed E-state index contributed by atoms with van der Waals surface area (Å²) in [5.74, 6) is -1.04. The van der Waals surface area contributed by atoms with Crippen molar-refractivity contribution in [3.8, 4) is 11.3 Å². The van der Waals surface area contributed by atoms with Gasteiger partial charge in [-0.15, -0.1) is 0 Å². The van der Waals surface area contributed by atoms with E-state index in [9.17, 15) is 9.59 Å². The summed E-state index contributed by atoms with van der Waals surface area (Å²) in [4.78, 5) is 34.2. The zero-order valence-electron chi connectivity index (χ0n) is 13.0. The number of Topliss-reactive ketones (excluding diaryl/α,β-unsaturated/α-hetero) is 2. The first-order chi connectivity index (χ1) is 11.6. The SMILES string of the molecule is Cc1cc(C)c2c(n1)[nH]n1c3c(nc21)-c1ccccc1C(=O)C3=O. The fourth-order valence-electron chi connectivity index (χ4n) is 3.52. The van der Waals surface area contributed by atoms with Crippen LogP contribution in [0, 0.1) is 13.8 Å². The molecule has 0 radical (unpaired) electrons. The van der Waals surface area contributed by atoms with Gasteiger partial charge in [0.25, 0.3) is 5.78 Å². The van der Waals surface area contributed by atoms with Crippen molar-refractivity contribution in [2.75, 3.05) is 0 Å². The minimum absolute atomic E-state index is 0.281. The molecule has 0 bridgehead atoms. The average Bonchev–Trinajstić information content (AvgIpc) is 3.08. The third-order valence-electron chi connectivity index (χ3n) is 4.51. The molecule has 4 aromatic rings. The van der Waals surface area contributed by atoms with Gasteiger partial charge in [-0.1, -0.05) is 24.3 Å². The van der Waals surface area contributed by atoms with Crippen molar-refractivity contribution in [2.45, 2.75) is 13.8 Å². The summed E-state index contributed by atoms with van der Waals surface area (Å²) in [6.45, 7) is 3.90. The molecule has 1 aliphatic rings. The van der Waals surface area contributed by atoms with Gasteiger partial charge in [-0.3, -0.25) is 14.7 Å². The predicted molar refractivity (Wildman–Crippen MR) is 88.4 cm³/mol. The molecule has 0 aliphatic heterocycles. The normalized spacial score (nSPS) is 13.6. The van der Waals surface area contributed by atoms with E-state index in [0.29, 0.717) is 28.1 Å². The smallest absolute Gasteiger partial charge is 0.254 e. The second-order valence-electron chi connectivity index (χ2n) is 6.09. The Kier molecular flexibility index (Phi) is 2.29. The summed E-state index contributed by atoms with van der Waals surface area (Å²) >= 11 is 0. The molecule has 0 saturated heterocycles. The molecule has 116 valence electrons. The highest BCUT2D eigenvalue weighted by Gasteiger charge is 2.35. The van der Waals surface area contributed by atoms with Crippen LogP contribution in [0.25, 0.3) is 27.9 Å². The number of benzene rings is 1. The minimum atomic E-state index is -0.544. The number of aryl methyl sites for hydroxylation is 2. The maximum absolute atomic E-state index is 12.6. The first-order valence-electron chi connectivity index (χ1n) is 7.63. The van der Waals surface area contributed by atoms with Crippen molar-refractivity contribution in [1.82, 2.24) is 19.6 Å². The van der Waals surface area contributed by atoms with E-state index in [1.165, 1.54) is 0 Å². The Labute approximate surface area is 136 Å². The van der Waals surface area contributed by atoms with E-state index in [0.717, 1.165) is 16.6 Å². The lowest BCUT2D eigenvalue weighted by Crippen LogP contribution is -2.22. The number of aromatic amines is 1. The number of hydrogen-bond acceptors (Lipinski definition) is 4. The standard InChI is InChI=1S/C18H12N4O2/c1-8-7-9(2)19-17-12(8)18-20-13-10-5-3-4-6-11(10)15(23)16(24)14(13)22(18)21-17/h3-7H,1-2H3,(H,19,21). The van der Waals surface area contributed by atoms with Crippen molar-refractivity contribution in [3.63, 3.8) is 0 Å². The second-order valence-corrected chi connectivity index (χ2v) is 6.09. The van der Waals surface area contributed by atoms with Crippen LogP contribution in [-0.4, -0.2) is 31.1 Å². The lowest BCUT2D eigenvalue weighted by Gasteiger charge is -2.12. The number of nitrogens with zero attached hydrogens (tertiary/aromatic N) is 3. The fourth-order valence-corrected chi connectivity index (χ4v) is 3.52. The number of rotatable bonds is 0. The van der Waals surface area contributed by atoms with Gasteiger partial charge in [0.15, 0.2) is 11.3 Å². The Morgan fingerprint density at radius 3 is 2.54 bits per heavy atom. The molecular weight excluding hydrogens is 304 g/mol. The van der Waals surface area contributed by atoms with E-state index in [2.05, 4.69) is 15.1 Å². The van der Waals surface area contributed by atoms with Crippen LogP contribution in [0.5, 0.6) is 0 Å². The summed E-state index contributed by atoms with van der Waals surface area (Å²) in [6, 6.07) is 9.06. The molecule has 3 heterocycles. The Morgan fingerprint density at radius 2 is 1.75 bits per heavy atom. The van der Waals surface area contributed by atoms with Gasteiger partial charge < -0.3 is 0 Å². The van der Waals surface area contributed by atoms with E-state index in [1.807, 2.05) is 32.0 Å². The summed E-state index contributed by atoms with van der Waals surface area (Å²) in [5.41, 5.74) is 5.12. The van der Waals surface area contributed by atoms with Crippen LogP contribution in [0.15, 0.2) is 30.3 Å². The third kappa shape index (κ3) is 1.45. The van der Waals surface area contributed by atoms with Crippen LogP contribution in [0.2, 0.25) is 0 Å². The van der Waals surface area contributed by atoms with Gasteiger partial charge in [-0.05, 0) is 25.5 Å². The van der Waals surface area contributed by atoms with Crippen molar-refractivity contribution in [3.05, 3.63) is 52.8 Å². The van der Waals surface area contributed by atoms with E-state index < -0.39 is 11.6 Å². The maximum atomic E-state index is 12.6. The number of carbonyl (C=O) groups excluding carboxylic acids is 2. The molecule has 0 saturated carbocycles. The van der Waals surface area contributed by atoms with Crippen LogP contribution < -0.4 is 0 Å². The number of pyridine rings is 1. The van der Waals surface area contributed by atoms with Crippen molar-refractivity contribution in [1.29, 1.82) is 0 Å². The Hall–Kier alpha value is -3.28. The third-order valence-corrected chi connectivity index (χ3v) is 4.51. The molecule has 1 aromatic carbocycles. The lowest BCUT2D eigenvalue weighted by atomic mass is 9.90. The monoisotopic (exact) mass is 316 g/mol. The number of carbonyl (C=O) groups is 2. The molecule has 1 N–H and O–H groups in total. The van der Waals surface area contributed by atoms with E-state index in [1.54, 1.807) is 16.6 Å². The minimum Gasteiger partial charge on any atom is -0.285 e. The Bertz CT molecular complexity index is 1210. The van der Waals surface area contributed by atoms with E-state index in [4.69, 9.17) is 0 Å². The second kappa shape index (κ2) is 4.17. The molecule has 0 spiro atoms.